The van der Waals surface area contributed by atoms with Crippen LogP contribution >= 0.6 is 22.7 Å². The summed E-state index contributed by atoms with van der Waals surface area (Å²) >= 11 is 3.14. The Labute approximate surface area is 124 Å². The molecule has 3 aromatic heterocycles. The van der Waals surface area contributed by atoms with Gasteiger partial charge >= 0.3 is 0 Å². The number of carbonyl (C=O) groups is 1. The van der Waals surface area contributed by atoms with E-state index < -0.39 is 0 Å². The number of carbonyl (C=O) groups excluding carboxylic acids is 1. The van der Waals surface area contributed by atoms with Crippen LogP contribution in [0.1, 0.15) is 29.4 Å². The van der Waals surface area contributed by atoms with Crippen molar-refractivity contribution in [2.24, 2.45) is 0 Å². The van der Waals surface area contributed by atoms with Crippen LogP contribution in [-0.2, 0) is 11.2 Å². The van der Waals surface area contributed by atoms with Gasteiger partial charge in [0.2, 0.25) is 5.91 Å². The Morgan fingerprint density at radius 2 is 2.30 bits per heavy atom. The smallest absolute Gasteiger partial charge is 0.226 e. The number of thiazole rings is 2. The first-order valence-corrected chi connectivity index (χ1v) is 8.00. The van der Waals surface area contributed by atoms with Crippen LogP contribution in [0, 0.1) is 6.92 Å². The number of rotatable bonds is 4. The second-order valence-electron chi connectivity index (χ2n) is 4.58. The van der Waals surface area contributed by atoms with E-state index in [0.717, 1.165) is 21.4 Å². The number of hydrogen-bond acceptors (Lipinski definition) is 5. The number of nitrogens with zero attached hydrogens (tertiary/aromatic N) is 3. The molecule has 3 rings (SSSR count). The third-order valence-electron chi connectivity index (χ3n) is 2.94. The Kier molecular flexibility index (Phi) is 3.54. The molecule has 0 radical (unpaired) electrons. The van der Waals surface area contributed by atoms with Gasteiger partial charge in [0.1, 0.15) is 0 Å². The maximum Gasteiger partial charge on any atom is 0.226 e. The molecule has 5 nitrogen and oxygen atoms in total. The SMILES string of the molecule is Cc1nc(CC(=O)N[C@H](C)c2cn3ccsc3n2)cs1. The van der Waals surface area contributed by atoms with Crippen LogP contribution in [0.4, 0.5) is 0 Å². The lowest BCUT2D eigenvalue weighted by molar-refractivity contribution is -0.121. The quantitative estimate of drug-likeness (QED) is 0.806. The summed E-state index contributed by atoms with van der Waals surface area (Å²) in [6, 6.07) is -0.102. The normalized spacial score (nSPS) is 12.7. The highest BCUT2D eigenvalue weighted by Crippen LogP contribution is 2.17. The summed E-state index contributed by atoms with van der Waals surface area (Å²) in [6.07, 6.45) is 4.23. The summed E-state index contributed by atoms with van der Waals surface area (Å²) in [5.74, 6) is -0.0286. The van der Waals surface area contributed by atoms with Crippen LogP contribution in [0.15, 0.2) is 23.2 Å². The Bertz CT molecular complexity index is 714. The van der Waals surface area contributed by atoms with E-state index >= 15 is 0 Å². The van der Waals surface area contributed by atoms with Crippen LogP contribution in [-0.4, -0.2) is 20.3 Å². The van der Waals surface area contributed by atoms with Crippen molar-refractivity contribution >= 4 is 33.5 Å². The number of aryl methyl sites for hydroxylation is 1. The highest BCUT2D eigenvalue weighted by Gasteiger charge is 2.14. The molecule has 1 atom stereocenters. The van der Waals surface area contributed by atoms with Gasteiger partial charge in [-0.05, 0) is 13.8 Å². The highest BCUT2D eigenvalue weighted by molar-refractivity contribution is 7.15. The Morgan fingerprint density at radius 3 is 3.00 bits per heavy atom. The van der Waals surface area contributed by atoms with Crippen LogP contribution in [0.25, 0.3) is 4.96 Å². The van der Waals surface area contributed by atoms with Gasteiger partial charge in [0, 0.05) is 23.2 Å². The van der Waals surface area contributed by atoms with Crippen molar-refractivity contribution in [1.82, 2.24) is 19.7 Å². The highest BCUT2D eigenvalue weighted by atomic mass is 32.1. The molecule has 0 saturated heterocycles. The van der Waals surface area contributed by atoms with E-state index in [4.69, 9.17) is 0 Å². The zero-order valence-corrected chi connectivity index (χ0v) is 12.8. The van der Waals surface area contributed by atoms with Crippen LogP contribution in [0.5, 0.6) is 0 Å². The Morgan fingerprint density at radius 1 is 1.45 bits per heavy atom. The lowest BCUT2D eigenvalue weighted by Crippen LogP contribution is -2.28. The predicted molar refractivity (Wildman–Crippen MR) is 80.2 cm³/mol. The lowest BCUT2D eigenvalue weighted by Gasteiger charge is -2.10. The number of hydrogen-bond donors (Lipinski definition) is 1. The van der Waals surface area contributed by atoms with Gasteiger partial charge in [-0.2, -0.15) is 0 Å². The molecular weight excluding hydrogens is 292 g/mol. The summed E-state index contributed by atoms with van der Waals surface area (Å²) in [5.41, 5.74) is 1.70. The van der Waals surface area contributed by atoms with Crippen LogP contribution in [0.2, 0.25) is 0 Å². The van der Waals surface area contributed by atoms with Gasteiger partial charge in [-0.15, -0.1) is 22.7 Å². The lowest BCUT2D eigenvalue weighted by atomic mass is 10.2. The first-order chi connectivity index (χ1) is 9.61. The first kappa shape index (κ1) is 13.3. The van der Waals surface area contributed by atoms with Crippen molar-refractivity contribution in [3.63, 3.8) is 0 Å². The number of aromatic nitrogens is 3. The van der Waals surface area contributed by atoms with Gasteiger partial charge in [-0.1, -0.05) is 0 Å². The fourth-order valence-corrected chi connectivity index (χ4v) is 3.29. The summed E-state index contributed by atoms with van der Waals surface area (Å²) in [5, 5.41) is 7.85. The number of amides is 1. The molecule has 0 aliphatic heterocycles. The number of imidazole rings is 1. The molecule has 3 heterocycles. The van der Waals surface area contributed by atoms with Crippen LogP contribution < -0.4 is 5.32 Å². The van der Waals surface area contributed by atoms with E-state index in [-0.39, 0.29) is 11.9 Å². The monoisotopic (exact) mass is 306 g/mol. The molecule has 0 spiro atoms. The molecule has 7 heteroatoms. The van der Waals surface area contributed by atoms with E-state index in [0.29, 0.717) is 6.42 Å². The molecular formula is C13H14N4OS2. The van der Waals surface area contributed by atoms with Gasteiger partial charge < -0.3 is 5.32 Å². The van der Waals surface area contributed by atoms with Gasteiger partial charge in [0.25, 0.3) is 0 Å². The summed E-state index contributed by atoms with van der Waals surface area (Å²) in [6.45, 7) is 3.88. The molecule has 0 unspecified atom stereocenters. The number of nitrogens with one attached hydrogen (secondary N) is 1. The van der Waals surface area contributed by atoms with E-state index in [2.05, 4.69) is 15.3 Å². The van der Waals surface area contributed by atoms with E-state index in [1.165, 1.54) is 0 Å². The summed E-state index contributed by atoms with van der Waals surface area (Å²) < 4.78 is 1.96. The number of fused-ring (bicyclic) bond motifs is 1. The van der Waals surface area contributed by atoms with Gasteiger partial charge in [0.05, 0.1) is 28.9 Å². The first-order valence-electron chi connectivity index (χ1n) is 6.24. The topological polar surface area (TPSA) is 59.3 Å². The fraction of sp³-hybridized carbons (Fsp3) is 0.308. The molecule has 0 aromatic carbocycles. The van der Waals surface area contributed by atoms with Crippen molar-refractivity contribution in [3.05, 3.63) is 39.5 Å². The average molecular weight is 306 g/mol. The summed E-state index contributed by atoms with van der Waals surface area (Å²) in [4.78, 5) is 21.7. The maximum absolute atomic E-state index is 12.0. The minimum Gasteiger partial charge on any atom is -0.348 e. The van der Waals surface area contributed by atoms with Crippen molar-refractivity contribution in [1.29, 1.82) is 0 Å². The molecule has 1 amide bonds. The second-order valence-corrected chi connectivity index (χ2v) is 6.52. The standard InChI is InChI=1S/C13H14N4OS2/c1-8(11-6-17-3-4-19-13(17)16-11)14-12(18)5-10-7-20-9(2)15-10/h3-4,6-8H,5H2,1-2H3,(H,14,18)/t8-/m1/s1. The third kappa shape index (κ3) is 2.73. The van der Waals surface area contributed by atoms with Crippen molar-refractivity contribution in [2.75, 3.05) is 0 Å². The summed E-state index contributed by atoms with van der Waals surface area (Å²) in [7, 11) is 0. The van der Waals surface area contributed by atoms with Gasteiger partial charge in [-0.25, -0.2) is 9.97 Å². The van der Waals surface area contributed by atoms with E-state index in [1.807, 2.05) is 41.4 Å². The molecule has 0 bridgehead atoms. The predicted octanol–water partition coefficient (Wildman–Crippen LogP) is 2.58. The third-order valence-corrected chi connectivity index (χ3v) is 4.53. The second kappa shape index (κ2) is 5.34. The molecule has 0 aliphatic rings. The average Bonchev–Trinajstić information content (AvgIpc) is 3.03. The maximum atomic E-state index is 12.0. The van der Waals surface area contributed by atoms with Crippen molar-refractivity contribution in [2.45, 2.75) is 26.3 Å². The van der Waals surface area contributed by atoms with Crippen molar-refractivity contribution in [3.8, 4) is 0 Å². The largest absolute Gasteiger partial charge is 0.348 e. The van der Waals surface area contributed by atoms with Gasteiger partial charge in [0.15, 0.2) is 4.96 Å². The van der Waals surface area contributed by atoms with Gasteiger partial charge in [-0.3, -0.25) is 9.20 Å². The molecule has 104 valence electrons. The zero-order valence-electron chi connectivity index (χ0n) is 11.2. The molecule has 1 N–H and O–H groups in total. The van der Waals surface area contributed by atoms with E-state index in [9.17, 15) is 4.79 Å². The van der Waals surface area contributed by atoms with Crippen molar-refractivity contribution < 1.29 is 4.79 Å². The molecule has 0 saturated carbocycles. The fourth-order valence-electron chi connectivity index (χ4n) is 1.97. The van der Waals surface area contributed by atoms with E-state index in [1.54, 1.807) is 22.7 Å². The molecule has 20 heavy (non-hydrogen) atoms. The molecule has 0 aliphatic carbocycles. The minimum absolute atomic E-state index is 0.0286. The zero-order chi connectivity index (χ0) is 14.1. The van der Waals surface area contributed by atoms with Crippen LogP contribution in [0.3, 0.4) is 0 Å². The Balaban J connectivity index is 1.64. The minimum atomic E-state index is -0.102. The molecule has 3 aromatic rings. The Hall–Kier alpha value is -1.73. The molecule has 0 fully saturated rings.